The number of anilines is 1. The first-order chi connectivity index (χ1) is 11.1. The molecule has 1 fully saturated rings. The third-order valence-electron chi connectivity index (χ3n) is 3.91. The summed E-state index contributed by atoms with van der Waals surface area (Å²) < 4.78 is 25.3. The molecule has 2 aromatic rings. The number of hydrogen-bond donors (Lipinski definition) is 2. The third-order valence-corrected chi connectivity index (χ3v) is 3.91. The number of halogens is 2. The number of amides is 1. The number of nitrogens with one attached hydrogen (secondary N) is 2. The van der Waals surface area contributed by atoms with E-state index in [-0.39, 0.29) is 17.9 Å². The van der Waals surface area contributed by atoms with E-state index in [1.807, 2.05) is 6.07 Å². The monoisotopic (exact) mass is 319 g/mol. The van der Waals surface area contributed by atoms with Crippen LogP contribution in [-0.4, -0.2) is 21.1 Å². The van der Waals surface area contributed by atoms with Gasteiger partial charge < -0.3 is 5.32 Å². The summed E-state index contributed by atoms with van der Waals surface area (Å²) >= 11 is 0. The molecule has 1 amide bonds. The zero-order valence-electron chi connectivity index (χ0n) is 12.4. The van der Waals surface area contributed by atoms with Gasteiger partial charge in [0.2, 0.25) is 5.91 Å². The molecule has 3 rings (SSSR count). The molecule has 1 radical (unpaired) electrons. The Morgan fingerprint density at radius 2 is 2.30 bits per heavy atom. The fourth-order valence-corrected chi connectivity index (χ4v) is 2.73. The maximum Gasteiger partial charge on any atom is 0.263 e. The molecule has 2 aromatic heterocycles. The summed E-state index contributed by atoms with van der Waals surface area (Å²) in [6.45, 7) is 0. The Balaban J connectivity index is 1.60. The van der Waals surface area contributed by atoms with E-state index in [1.165, 1.54) is 18.3 Å². The van der Waals surface area contributed by atoms with Gasteiger partial charge in [-0.25, -0.2) is 8.78 Å². The van der Waals surface area contributed by atoms with E-state index in [9.17, 15) is 13.6 Å². The molecular weight excluding hydrogens is 302 g/mol. The van der Waals surface area contributed by atoms with Gasteiger partial charge in [0.15, 0.2) is 5.82 Å². The van der Waals surface area contributed by atoms with Crippen LogP contribution in [-0.2, 0) is 11.2 Å². The van der Waals surface area contributed by atoms with Gasteiger partial charge in [-0.2, -0.15) is 5.10 Å². The van der Waals surface area contributed by atoms with Crippen molar-refractivity contribution in [1.29, 1.82) is 0 Å². The predicted octanol–water partition coefficient (Wildman–Crippen LogP) is 3.40. The van der Waals surface area contributed by atoms with Crippen LogP contribution in [0.1, 0.15) is 48.6 Å². The summed E-state index contributed by atoms with van der Waals surface area (Å²) in [5, 5.41) is 9.68. The molecule has 1 aliphatic rings. The number of rotatable bonds is 5. The molecule has 1 aliphatic carbocycles. The fraction of sp³-hybridized carbons (Fsp3) is 0.375. The highest BCUT2D eigenvalue weighted by atomic mass is 19.3. The number of aromatic amines is 1. The maximum atomic E-state index is 12.6. The molecule has 1 atom stereocenters. The Bertz CT molecular complexity index is 680. The SMILES string of the molecule is O=C(Cc1cc(C(F)F)ccn1)Nc1cc([C@H]2C[CH]CC2)[nH]n1. The Morgan fingerprint density at radius 3 is 3.04 bits per heavy atom. The zero-order valence-corrected chi connectivity index (χ0v) is 12.4. The van der Waals surface area contributed by atoms with E-state index in [2.05, 4.69) is 26.9 Å². The minimum atomic E-state index is -2.57. The van der Waals surface area contributed by atoms with Crippen molar-refractivity contribution in [3.05, 3.63) is 47.8 Å². The molecule has 0 spiro atoms. The lowest BCUT2D eigenvalue weighted by molar-refractivity contribution is -0.115. The summed E-state index contributed by atoms with van der Waals surface area (Å²) in [4.78, 5) is 15.9. The fourth-order valence-electron chi connectivity index (χ4n) is 2.73. The van der Waals surface area contributed by atoms with Crippen LogP contribution >= 0.6 is 0 Å². The second-order valence-electron chi connectivity index (χ2n) is 5.61. The molecule has 0 unspecified atom stereocenters. The number of pyridine rings is 1. The van der Waals surface area contributed by atoms with Gasteiger partial charge in [0, 0.05) is 29.4 Å². The molecule has 23 heavy (non-hydrogen) atoms. The first-order valence-electron chi connectivity index (χ1n) is 7.51. The Kier molecular flexibility index (Phi) is 4.64. The maximum absolute atomic E-state index is 12.6. The normalized spacial score (nSPS) is 15.3. The van der Waals surface area contributed by atoms with Crippen molar-refractivity contribution in [2.24, 2.45) is 0 Å². The van der Waals surface area contributed by atoms with Gasteiger partial charge in [-0.3, -0.25) is 14.9 Å². The lowest BCUT2D eigenvalue weighted by Crippen LogP contribution is -2.15. The molecule has 121 valence electrons. The molecular formula is C16H17F2N4O. The molecule has 5 nitrogen and oxygen atoms in total. The number of carbonyl (C=O) groups excluding carboxylic acids is 1. The molecule has 0 aromatic carbocycles. The summed E-state index contributed by atoms with van der Waals surface area (Å²) in [6.07, 6.45) is 4.08. The van der Waals surface area contributed by atoms with Crippen LogP contribution in [0.25, 0.3) is 0 Å². The van der Waals surface area contributed by atoms with Gasteiger partial charge in [0.25, 0.3) is 6.43 Å². The summed E-state index contributed by atoms with van der Waals surface area (Å²) in [5.74, 6) is 0.541. The predicted molar refractivity (Wildman–Crippen MR) is 81.0 cm³/mol. The van der Waals surface area contributed by atoms with Crippen molar-refractivity contribution in [3.8, 4) is 0 Å². The first-order valence-corrected chi connectivity index (χ1v) is 7.51. The van der Waals surface area contributed by atoms with E-state index in [0.717, 1.165) is 25.0 Å². The lowest BCUT2D eigenvalue weighted by Gasteiger charge is -2.04. The van der Waals surface area contributed by atoms with Gasteiger partial charge in [-0.15, -0.1) is 0 Å². The number of hydrogen-bond acceptors (Lipinski definition) is 3. The average Bonchev–Trinajstić information content (AvgIpc) is 3.18. The molecule has 0 aliphatic heterocycles. The van der Waals surface area contributed by atoms with Crippen LogP contribution in [0.4, 0.5) is 14.6 Å². The van der Waals surface area contributed by atoms with Crippen LogP contribution in [0.2, 0.25) is 0 Å². The van der Waals surface area contributed by atoms with Crippen molar-refractivity contribution in [2.75, 3.05) is 5.32 Å². The highest BCUT2D eigenvalue weighted by Gasteiger charge is 2.20. The van der Waals surface area contributed by atoms with Crippen LogP contribution in [0.3, 0.4) is 0 Å². The van der Waals surface area contributed by atoms with Gasteiger partial charge in [0.1, 0.15) is 0 Å². The summed E-state index contributed by atoms with van der Waals surface area (Å²) in [5.41, 5.74) is 1.18. The highest BCUT2D eigenvalue weighted by molar-refractivity contribution is 5.91. The van der Waals surface area contributed by atoms with Gasteiger partial charge in [-0.1, -0.05) is 0 Å². The number of nitrogens with zero attached hydrogens (tertiary/aromatic N) is 2. The average molecular weight is 319 g/mol. The van der Waals surface area contributed by atoms with Crippen molar-refractivity contribution < 1.29 is 13.6 Å². The van der Waals surface area contributed by atoms with Gasteiger partial charge in [-0.05, 0) is 37.8 Å². The molecule has 2 heterocycles. The summed E-state index contributed by atoms with van der Waals surface area (Å²) in [6, 6.07) is 4.31. The molecule has 0 bridgehead atoms. The Morgan fingerprint density at radius 1 is 1.43 bits per heavy atom. The van der Waals surface area contributed by atoms with Crippen LogP contribution in [0.15, 0.2) is 24.4 Å². The van der Waals surface area contributed by atoms with Crippen LogP contribution < -0.4 is 5.32 Å². The smallest absolute Gasteiger partial charge is 0.263 e. The second-order valence-corrected chi connectivity index (χ2v) is 5.61. The molecule has 7 heteroatoms. The van der Waals surface area contributed by atoms with E-state index in [0.29, 0.717) is 17.4 Å². The van der Waals surface area contributed by atoms with E-state index in [4.69, 9.17) is 0 Å². The van der Waals surface area contributed by atoms with E-state index >= 15 is 0 Å². The number of aromatic nitrogens is 3. The van der Waals surface area contributed by atoms with Gasteiger partial charge in [0.05, 0.1) is 12.1 Å². The standard InChI is InChI=1S/C16H17F2N4O/c17-16(18)11-5-6-19-12(7-11)8-15(23)20-14-9-13(21-22-14)10-3-1-2-4-10/h1,5-7,9-10,16H,2-4,8H2,(H2,20,21,22,23)/t10-/m0/s1. The second kappa shape index (κ2) is 6.85. The molecule has 2 N–H and O–H groups in total. The third kappa shape index (κ3) is 3.91. The van der Waals surface area contributed by atoms with Crippen molar-refractivity contribution in [2.45, 2.75) is 38.0 Å². The topological polar surface area (TPSA) is 70.7 Å². The minimum Gasteiger partial charge on any atom is -0.309 e. The number of alkyl halides is 2. The highest BCUT2D eigenvalue weighted by Crippen LogP contribution is 2.33. The largest absolute Gasteiger partial charge is 0.309 e. The zero-order chi connectivity index (χ0) is 16.2. The lowest BCUT2D eigenvalue weighted by atomic mass is 10.0. The number of carbonyl (C=O) groups is 1. The minimum absolute atomic E-state index is 0.0695. The van der Waals surface area contributed by atoms with E-state index < -0.39 is 6.43 Å². The van der Waals surface area contributed by atoms with Crippen molar-refractivity contribution >= 4 is 11.7 Å². The van der Waals surface area contributed by atoms with Crippen molar-refractivity contribution in [1.82, 2.24) is 15.2 Å². The first kappa shape index (κ1) is 15.6. The quantitative estimate of drug-likeness (QED) is 0.887. The Hall–Kier alpha value is -2.31. The van der Waals surface area contributed by atoms with Crippen LogP contribution in [0.5, 0.6) is 0 Å². The van der Waals surface area contributed by atoms with Crippen molar-refractivity contribution in [3.63, 3.8) is 0 Å². The molecule has 1 saturated carbocycles. The van der Waals surface area contributed by atoms with Crippen LogP contribution in [0, 0.1) is 6.42 Å². The summed E-state index contributed by atoms with van der Waals surface area (Å²) in [7, 11) is 0. The Labute approximate surface area is 132 Å². The number of H-pyrrole nitrogens is 1. The van der Waals surface area contributed by atoms with Gasteiger partial charge >= 0.3 is 0 Å². The van der Waals surface area contributed by atoms with E-state index in [1.54, 1.807) is 0 Å². The molecule has 0 saturated heterocycles.